The number of carboxylic acid groups (broad SMARTS) is 1. The molecule has 0 amide bonds. The largest absolute Gasteiger partial charge is 0.508 e. The maximum absolute atomic E-state index is 11.2. The second kappa shape index (κ2) is 5.61. The van der Waals surface area contributed by atoms with Crippen molar-refractivity contribution < 1.29 is 34.5 Å². The quantitative estimate of drug-likeness (QED) is 0.626. The molecule has 0 aromatic heterocycles. The van der Waals surface area contributed by atoms with Crippen LogP contribution in [0.25, 0.3) is 0 Å². The van der Waals surface area contributed by atoms with Crippen LogP contribution in [0.3, 0.4) is 0 Å². The highest BCUT2D eigenvalue weighted by Gasteiger charge is 2.55. The maximum atomic E-state index is 11.2. The van der Waals surface area contributed by atoms with Crippen molar-refractivity contribution in [1.82, 2.24) is 0 Å². The van der Waals surface area contributed by atoms with E-state index in [0.29, 0.717) is 0 Å². The van der Waals surface area contributed by atoms with Crippen molar-refractivity contribution >= 4 is 13.1 Å². The molecule has 2 rings (SSSR count). The Morgan fingerprint density at radius 1 is 1.09 bits per heavy atom. The SMILES string of the molecule is CC1(C)OB(C(CC(=O)O)c2c(O)cc(O)cc2O)OC1(C)C. The summed E-state index contributed by atoms with van der Waals surface area (Å²) in [5, 5.41) is 38.7. The molecule has 0 saturated carbocycles. The fourth-order valence-electron chi connectivity index (χ4n) is 2.56. The third-order valence-electron chi connectivity index (χ3n) is 4.49. The lowest BCUT2D eigenvalue weighted by Gasteiger charge is -2.32. The van der Waals surface area contributed by atoms with Gasteiger partial charge in [0.2, 0.25) is 0 Å². The summed E-state index contributed by atoms with van der Waals surface area (Å²) >= 11 is 0. The van der Waals surface area contributed by atoms with Crippen molar-refractivity contribution in [1.29, 1.82) is 0 Å². The van der Waals surface area contributed by atoms with Gasteiger partial charge in [-0.1, -0.05) is 0 Å². The molecule has 1 saturated heterocycles. The topological polar surface area (TPSA) is 116 Å². The van der Waals surface area contributed by atoms with Crippen molar-refractivity contribution in [2.75, 3.05) is 0 Å². The lowest BCUT2D eigenvalue weighted by Crippen LogP contribution is -2.41. The monoisotopic (exact) mass is 324 g/mol. The average Bonchev–Trinajstić information content (AvgIpc) is 2.55. The molecule has 7 nitrogen and oxygen atoms in total. The minimum Gasteiger partial charge on any atom is -0.508 e. The van der Waals surface area contributed by atoms with Crippen molar-refractivity contribution in [3.63, 3.8) is 0 Å². The van der Waals surface area contributed by atoms with Gasteiger partial charge < -0.3 is 29.7 Å². The summed E-state index contributed by atoms with van der Waals surface area (Å²) in [4.78, 5) is 11.2. The van der Waals surface area contributed by atoms with Crippen molar-refractivity contribution in [3.05, 3.63) is 17.7 Å². The average molecular weight is 324 g/mol. The van der Waals surface area contributed by atoms with Crippen LogP contribution in [0.1, 0.15) is 45.5 Å². The van der Waals surface area contributed by atoms with E-state index in [2.05, 4.69) is 0 Å². The highest BCUT2D eigenvalue weighted by molar-refractivity contribution is 6.48. The Hall–Kier alpha value is -1.93. The van der Waals surface area contributed by atoms with E-state index < -0.39 is 48.0 Å². The van der Waals surface area contributed by atoms with E-state index in [1.54, 1.807) is 0 Å². The molecule has 1 aromatic carbocycles. The molecule has 8 heteroatoms. The van der Waals surface area contributed by atoms with Crippen molar-refractivity contribution in [2.24, 2.45) is 0 Å². The minimum atomic E-state index is -1.13. The molecule has 1 atom stereocenters. The van der Waals surface area contributed by atoms with Gasteiger partial charge in [0.25, 0.3) is 0 Å². The first-order valence-electron chi connectivity index (χ1n) is 7.27. The number of aliphatic carboxylic acids is 1. The normalized spacial score (nSPS) is 20.4. The second-order valence-electron chi connectivity index (χ2n) is 6.73. The summed E-state index contributed by atoms with van der Waals surface area (Å²) in [6.07, 6.45) is -0.414. The van der Waals surface area contributed by atoms with Crippen LogP contribution in [-0.4, -0.2) is 44.7 Å². The molecule has 126 valence electrons. The zero-order valence-electron chi connectivity index (χ0n) is 13.5. The minimum absolute atomic E-state index is 0.0244. The number of phenolic OH excluding ortho intramolecular Hbond substituents is 3. The Morgan fingerprint density at radius 2 is 1.52 bits per heavy atom. The van der Waals surface area contributed by atoms with Gasteiger partial charge in [-0.3, -0.25) is 4.79 Å². The van der Waals surface area contributed by atoms with E-state index >= 15 is 0 Å². The summed E-state index contributed by atoms with van der Waals surface area (Å²) in [6.45, 7) is 7.28. The van der Waals surface area contributed by atoms with Gasteiger partial charge in [-0.2, -0.15) is 0 Å². The second-order valence-corrected chi connectivity index (χ2v) is 6.73. The smallest absolute Gasteiger partial charge is 0.466 e. The van der Waals surface area contributed by atoms with Crippen LogP contribution in [-0.2, 0) is 14.1 Å². The summed E-state index contributed by atoms with van der Waals surface area (Å²) in [5.41, 5.74) is -1.39. The predicted octanol–water partition coefficient (Wildman–Crippen LogP) is 1.99. The molecule has 1 unspecified atom stereocenters. The highest BCUT2D eigenvalue weighted by atomic mass is 16.7. The molecule has 1 heterocycles. The molecule has 1 aliphatic rings. The highest BCUT2D eigenvalue weighted by Crippen LogP contribution is 2.46. The van der Waals surface area contributed by atoms with E-state index in [0.717, 1.165) is 12.1 Å². The Balaban J connectivity index is 2.46. The molecule has 23 heavy (non-hydrogen) atoms. The van der Waals surface area contributed by atoms with E-state index in [-0.39, 0.29) is 11.3 Å². The Bertz CT molecular complexity index is 587. The fraction of sp³-hybridized carbons (Fsp3) is 0.533. The number of benzene rings is 1. The van der Waals surface area contributed by atoms with Crippen LogP contribution in [0.4, 0.5) is 0 Å². The number of aromatic hydroxyl groups is 3. The Morgan fingerprint density at radius 3 is 1.91 bits per heavy atom. The molecule has 0 spiro atoms. The van der Waals surface area contributed by atoms with Crippen LogP contribution in [0, 0.1) is 0 Å². The van der Waals surface area contributed by atoms with Crippen LogP contribution >= 0.6 is 0 Å². The molecule has 4 N–H and O–H groups in total. The molecule has 0 radical (unpaired) electrons. The van der Waals surface area contributed by atoms with E-state index in [9.17, 15) is 25.2 Å². The molecule has 0 bridgehead atoms. The van der Waals surface area contributed by atoms with E-state index in [4.69, 9.17) is 9.31 Å². The number of hydrogen-bond donors (Lipinski definition) is 4. The third kappa shape index (κ3) is 3.23. The summed E-state index contributed by atoms with van der Waals surface area (Å²) < 4.78 is 11.7. The van der Waals surface area contributed by atoms with Gasteiger partial charge in [-0.25, -0.2) is 0 Å². The summed E-state index contributed by atoms with van der Waals surface area (Å²) in [6, 6.07) is 2.07. The predicted molar refractivity (Wildman–Crippen MR) is 82.5 cm³/mol. The zero-order chi connectivity index (χ0) is 17.6. The number of carboxylic acids is 1. The zero-order valence-corrected chi connectivity index (χ0v) is 13.5. The van der Waals surface area contributed by atoms with Gasteiger partial charge in [0, 0.05) is 23.5 Å². The molecule has 0 aliphatic carbocycles. The summed E-state index contributed by atoms with van der Waals surface area (Å²) in [7, 11) is -0.961. The number of carbonyl (C=O) groups is 1. The number of phenols is 3. The molecule has 1 fully saturated rings. The van der Waals surface area contributed by atoms with Crippen LogP contribution in [0.15, 0.2) is 12.1 Å². The van der Waals surface area contributed by atoms with Crippen LogP contribution < -0.4 is 0 Å². The lowest BCUT2D eigenvalue weighted by molar-refractivity contribution is -0.137. The van der Waals surface area contributed by atoms with Crippen LogP contribution in [0.2, 0.25) is 0 Å². The van der Waals surface area contributed by atoms with Gasteiger partial charge in [0.05, 0.1) is 17.6 Å². The van der Waals surface area contributed by atoms with Crippen LogP contribution in [0.5, 0.6) is 17.2 Å². The first-order chi connectivity index (χ1) is 10.4. The standard InChI is InChI=1S/C15H21BO7/c1-14(2)15(3,4)23-16(22-14)9(7-12(20)21)13-10(18)5-8(17)6-11(13)19/h5-6,9,17-19H,7H2,1-4H3,(H,20,21). The Labute approximate surface area is 134 Å². The first-order valence-corrected chi connectivity index (χ1v) is 7.27. The van der Waals surface area contributed by atoms with Crippen molar-refractivity contribution in [3.8, 4) is 17.2 Å². The number of hydrogen-bond acceptors (Lipinski definition) is 6. The van der Waals surface area contributed by atoms with E-state index in [1.807, 2.05) is 27.7 Å². The molecule has 1 aromatic rings. The third-order valence-corrected chi connectivity index (χ3v) is 4.49. The van der Waals surface area contributed by atoms with E-state index in [1.165, 1.54) is 0 Å². The molecular formula is C15H21BO7. The van der Waals surface area contributed by atoms with Gasteiger partial charge in [0.1, 0.15) is 17.2 Å². The first kappa shape index (κ1) is 17.4. The fourth-order valence-corrected chi connectivity index (χ4v) is 2.56. The number of rotatable bonds is 4. The molecule has 1 aliphatic heterocycles. The maximum Gasteiger partial charge on any atom is 0.466 e. The van der Waals surface area contributed by atoms with Gasteiger partial charge >= 0.3 is 13.1 Å². The lowest BCUT2D eigenvalue weighted by atomic mass is 9.65. The van der Waals surface area contributed by atoms with Gasteiger partial charge in [-0.05, 0) is 27.7 Å². The Kier molecular flexibility index (Phi) is 4.25. The van der Waals surface area contributed by atoms with Gasteiger partial charge in [-0.15, -0.1) is 0 Å². The van der Waals surface area contributed by atoms with Gasteiger partial charge in [0.15, 0.2) is 0 Å². The summed E-state index contributed by atoms with van der Waals surface area (Å²) in [5.74, 6) is -3.22. The molecular weight excluding hydrogens is 303 g/mol. The van der Waals surface area contributed by atoms with Crippen molar-refractivity contribution in [2.45, 2.75) is 51.1 Å².